The van der Waals surface area contributed by atoms with E-state index in [-0.39, 0.29) is 18.5 Å². The van der Waals surface area contributed by atoms with Crippen LogP contribution in [0.3, 0.4) is 0 Å². The average Bonchev–Trinajstić information content (AvgIpc) is 3.00. The van der Waals surface area contributed by atoms with Crippen LogP contribution >= 0.6 is 0 Å². The van der Waals surface area contributed by atoms with Crippen molar-refractivity contribution in [3.8, 4) is 11.5 Å². The Morgan fingerprint density at radius 2 is 1.91 bits per heavy atom. The maximum Gasteiger partial charge on any atom is 0.258 e. The summed E-state index contributed by atoms with van der Waals surface area (Å²) in [6, 6.07) is 4.87. The molecule has 1 fully saturated rings. The van der Waals surface area contributed by atoms with E-state index >= 15 is 0 Å². The molecule has 1 N–H and O–H groups in total. The molecule has 0 aliphatic carbocycles. The van der Waals surface area contributed by atoms with Gasteiger partial charge in [0.05, 0.1) is 20.5 Å². The number of sulfonamides is 1. The molecule has 1 heterocycles. The van der Waals surface area contributed by atoms with E-state index in [2.05, 4.69) is 5.32 Å². The van der Waals surface area contributed by atoms with Crippen molar-refractivity contribution in [2.75, 3.05) is 33.6 Å². The molecule has 0 aromatic heterocycles. The number of hydrogen-bond donors (Lipinski definition) is 1. The molecular weight excluding hydrogens is 320 g/mol. The summed E-state index contributed by atoms with van der Waals surface area (Å²) in [5.41, 5.74) is 0.307. The van der Waals surface area contributed by atoms with E-state index in [0.717, 1.165) is 12.8 Å². The molecule has 128 valence electrons. The standard InChI is InChI=1S/C15H22N2O5S/c1-21-12-7-4-8-13(22-2)14(12)15(18)16-10-11-6-5-9-17(11)23(3,19)20/h4,7-8,11H,5-6,9-10H2,1-3H3,(H,16,18). The predicted molar refractivity (Wildman–Crippen MR) is 86.5 cm³/mol. The molecule has 0 bridgehead atoms. The summed E-state index contributed by atoms with van der Waals surface area (Å²) in [6.45, 7) is 0.754. The molecule has 0 spiro atoms. The maximum atomic E-state index is 12.5. The molecule has 0 saturated carbocycles. The summed E-state index contributed by atoms with van der Waals surface area (Å²) in [5, 5.41) is 2.79. The first-order valence-electron chi connectivity index (χ1n) is 7.34. The molecule has 2 rings (SSSR count). The molecule has 1 unspecified atom stereocenters. The Kier molecular flexibility index (Phi) is 5.48. The third kappa shape index (κ3) is 3.94. The van der Waals surface area contributed by atoms with Gasteiger partial charge in [0, 0.05) is 19.1 Å². The lowest BCUT2D eigenvalue weighted by molar-refractivity contribution is 0.0940. The first-order valence-corrected chi connectivity index (χ1v) is 9.19. The van der Waals surface area contributed by atoms with Crippen molar-refractivity contribution in [3.05, 3.63) is 23.8 Å². The number of nitrogens with zero attached hydrogens (tertiary/aromatic N) is 1. The van der Waals surface area contributed by atoms with Gasteiger partial charge in [0.15, 0.2) is 0 Å². The quantitative estimate of drug-likeness (QED) is 0.829. The molecule has 1 saturated heterocycles. The highest BCUT2D eigenvalue weighted by Crippen LogP contribution is 2.28. The van der Waals surface area contributed by atoms with Gasteiger partial charge in [-0.25, -0.2) is 8.42 Å². The van der Waals surface area contributed by atoms with Gasteiger partial charge in [0.1, 0.15) is 17.1 Å². The Morgan fingerprint density at radius 3 is 2.43 bits per heavy atom. The minimum absolute atomic E-state index is 0.213. The zero-order valence-corrected chi connectivity index (χ0v) is 14.4. The smallest absolute Gasteiger partial charge is 0.258 e. The molecule has 1 aromatic rings. The Labute approximate surface area is 136 Å². The van der Waals surface area contributed by atoms with Crippen LogP contribution in [-0.2, 0) is 10.0 Å². The molecule has 1 aromatic carbocycles. The molecule has 23 heavy (non-hydrogen) atoms. The third-order valence-corrected chi connectivity index (χ3v) is 5.23. The van der Waals surface area contributed by atoms with E-state index in [1.54, 1.807) is 18.2 Å². The molecule has 1 atom stereocenters. The van der Waals surface area contributed by atoms with Crippen molar-refractivity contribution in [3.63, 3.8) is 0 Å². The summed E-state index contributed by atoms with van der Waals surface area (Å²) in [5.74, 6) is 0.473. The summed E-state index contributed by atoms with van der Waals surface area (Å²) in [6.07, 6.45) is 2.72. The van der Waals surface area contributed by atoms with Gasteiger partial charge in [0.2, 0.25) is 10.0 Å². The molecular formula is C15H22N2O5S. The number of rotatable bonds is 6. The van der Waals surface area contributed by atoms with Crippen LogP contribution in [0.25, 0.3) is 0 Å². The van der Waals surface area contributed by atoms with Crippen LogP contribution in [0.1, 0.15) is 23.2 Å². The highest BCUT2D eigenvalue weighted by molar-refractivity contribution is 7.88. The lowest BCUT2D eigenvalue weighted by Gasteiger charge is -2.22. The first kappa shape index (κ1) is 17.6. The second kappa shape index (κ2) is 7.18. The van der Waals surface area contributed by atoms with Gasteiger partial charge >= 0.3 is 0 Å². The zero-order chi connectivity index (χ0) is 17.0. The van der Waals surface area contributed by atoms with Gasteiger partial charge in [-0.1, -0.05) is 6.07 Å². The van der Waals surface area contributed by atoms with Crippen LogP contribution in [0.5, 0.6) is 11.5 Å². The van der Waals surface area contributed by atoms with Crippen molar-refractivity contribution in [1.82, 2.24) is 9.62 Å². The normalized spacial score (nSPS) is 18.7. The molecule has 8 heteroatoms. The summed E-state index contributed by atoms with van der Waals surface area (Å²) < 4.78 is 35.3. The van der Waals surface area contributed by atoms with E-state index in [1.165, 1.54) is 24.8 Å². The molecule has 1 amide bonds. The zero-order valence-electron chi connectivity index (χ0n) is 13.5. The largest absolute Gasteiger partial charge is 0.496 e. The van der Waals surface area contributed by atoms with Gasteiger partial charge in [-0.2, -0.15) is 4.31 Å². The lowest BCUT2D eigenvalue weighted by Crippen LogP contribution is -2.42. The Hall–Kier alpha value is -1.80. The van der Waals surface area contributed by atoms with Crippen LogP contribution in [0.15, 0.2) is 18.2 Å². The number of hydrogen-bond acceptors (Lipinski definition) is 5. The Morgan fingerprint density at radius 1 is 1.30 bits per heavy atom. The summed E-state index contributed by atoms with van der Waals surface area (Å²) in [4.78, 5) is 12.5. The van der Waals surface area contributed by atoms with Crippen molar-refractivity contribution < 1.29 is 22.7 Å². The summed E-state index contributed by atoms with van der Waals surface area (Å²) in [7, 11) is -0.297. The van der Waals surface area contributed by atoms with E-state index in [9.17, 15) is 13.2 Å². The highest BCUT2D eigenvalue weighted by Gasteiger charge is 2.32. The van der Waals surface area contributed by atoms with Crippen molar-refractivity contribution in [2.24, 2.45) is 0 Å². The number of carbonyl (C=O) groups is 1. The van der Waals surface area contributed by atoms with Gasteiger partial charge in [-0.15, -0.1) is 0 Å². The van der Waals surface area contributed by atoms with Crippen LogP contribution in [0.4, 0.5) is 0 Å². The topological polar surface area (TPSA) is 84.9 Å². The van der Waals surface area contributed by atoms with Crippen LogP contribution < -0.4 is 14.8 Å². The van der Waals surface area contributed by atoms with Gasteiger partial charge in [-0.05, 0) is 25.0 Å². The summed E-state index contributed by atoms with van der Waals surface area (Å²) >= 11 is 0. The third-order valence-electron chi connectivity index (χ3n) is 3.90. The van der Waals surface area contributed by atoms with Crippen molar-refractivity contribution in [1.29, 1.82) is 0 Å². The number of amides is 1. The second-order valence-corrected chi connectivity index (χ2v) is 7.35. The second-order valence-electron chi connectivity index (χ2n) is 5.42. The van der Waals surface area contributed by atoms with Crippen molar-refractivity contribution >= 4 is 15.9 Å². The maximum absolute atomic E-state index is 12.5. The van der Waals surface area contributed by atoms with Crippen LogP contribution in [0.2, 0.25) is 0 Å². The van der Waals surface area contributed by atoms with Crippen molar-refractivity contribution in [2.45, 2.75) is 18.9 Å². The number of carbonyl (C=O) groups excluding carboxylic acids is 1. The number of ether oxygens (including phenoxy) is 2. The van der Waals surface area contributed by atoms with Crippen LogP contribution in [-0.4, -0.2) is 58.2 Å². The van der Waals surface area contributed by atoms with E-state index in [1.807, 2.05) is 0 Å². The molecule has 7 nitrogen and oxygen atoms in total. The van der Waals surface area contributed by atoms with E-state index < -0.39 is 10.0 Å². The predicted octanol–water partition coefficient (Wildman–Crippen LogP) is 0.858. The van der Waals surface area contributed by atoms with Gasteiger partial charge in [0.25, 0.3) is 5.91 Å². The number of methoxy groups -OCH3 is 2. The first-order chi connectivity index (χ1) is 10.9. The minimum Gasteiger partial charge on any atom is -0.496 e. The average molecular weight is 342 g/mol. The fraction of sp³-hybridized carbons (Fsp3) is 0.533. The van der Waals surface area contributed by atoms with Gasteiger partial charge < -0.3 is 14.8 Å². The lowest BCUT2D eigenvalue weighted by atomic mass is 10.1. The fourth-order valence-corrected chi connectivity index (χ4v) is 4.01. The Balaban J connectivity index is 2.11. The van der Waals surface area contributed by atoms with Crippen LogP contribution in [0, 0.1) is 0 Å². The number of benzene rings is 1. The SMILES string of the molecule is COc1cccc(OC)c1C(=O)NCC1CCCN1S(C)(=O)=O. The molecule has 1 aliphatic rings. The highest BCUT2D eigenvalue weighted by atomic mass is 32.2. The Bertz CT molecular complexity index is 652. The molecule has 1 aliphatic heterocycles. The number of nitrogens with one attached hydrogen (secondary N) is 1. The van der Waals surface area contributed by atoms with Gasteiger partial charge in [-0.3, -0.25) is 4.79 Å². The fourth-order valence-electron chi connectivity index (χ4n) is 2.82. The van der Waals surface area contributed by atoms with E-state index in [0.29, 0.717) is 23.6 Å². The monoisotopic (exact) mass is 342 g/mol. The van der Waals surface area contributed by atoms with E-state index in [4.69, 9.17) is 9.47 Å². The molecule has 0 radical (unpaired) electrons. The minimum atomic E-state index is -3.26.